The molecule has 0 amide bonds. The van der Waals surface area contributed by atoms with Crippen LogP contribution in [0.15, 0.2) is 24.5 Å². The van der Waals surface area contributed by atoms with Crippen molar-refractivity contribution >= 4 is 16.7 Å². The molecule has 1 saturated carbocycles. The number of hydrogen-bond donors (Lipinski definition) is 0. The Hall–Kier alpha value is -1.64. The molecule has 3 heteroatoms. The molecule has 0 bridgehead atoms. The Morgan fingerprint density at radius 2 is 2.00 bits per heavy atom. The summed E-state index contributed by atoms with van der Waals surface area (Å²) in [7, 11) is 0. The van der Waals surface area contributed by atoms with Gasteiger partial charge in [0.25, 0.3) is 0 Å². The van der Waals surface area contributed by atoms with E-state index < -0.39 is 0 Å². The molecule has 2 aromatic rings. The number of nitrogens with zero attached hydrogens (tertiary/aromatic N) is 3. The van der Waals surface area contributed by atoms with Gasteiger partial charge < -0.3 is 4.90 Å². The molecule has 104 valence electrons. The van der Waals surface area contributed by atoms with Crippen molar-refractivity contribution in [3.05, 3.63) is 30.1 Å². The highest BCUT2D eigenvalue weighted by atomic mass is 15.2. The zero-order valence-corrected chi connectivity index (χ0v) is 12.0. The van der Waals surface area contributed by atoms with Crippen LogP contribution < -0.4 is 4.90 Å². The smallest absolute Gasteiger partial charge is 0.140 e. The second-order valence-corrected chi connectivity index (χ2v) is 6.31. The van der Waals surface area contributed by atoms with Crippen LogP contribution in [0, 0.1) is 12.8 Å². The molecule has 20 heavy (non-hydrogen) atoms. The third-order valence-electron chi connectivity index (χ3n) is 5.05. The lowest BCUT2D eigenvalue weighted by molar-refractivity contribution is 0.341. The van der Waals surface area contributed by atoms with E-state index in [1.807, 2.05) is 0 Å². The first-order valence-electron chi connectivity index (χ1n) is 7.81. The highest BCUT2D eigenvalue weighted by molar-refractivity contribution is 5.90. The predicted molar refractivity (Wildman–Crippen MR) is 82.0 cm³/mol. The van der Waals surface area contributed by atoms with E-state index in [-0.39, 0.29) is 0 Å². The standard InChI is InChI=1S/C17H21N3/c1-12-6-7-15-14(10-12)17(19-11-18-15)20-9-8-13-4-2-3-5-16(13)20/h6-7,10-11,13,16H,2-5,8-9H2,1H3. The van der Waals surface area contributed by atoms with E-state index in [2.05, 4.69) is 40.0 Å². The minimum absolute atomic E-state index is 0.711. The maximum absolute atomic E-state index is 4.64. The van der Waals surface area contributed by atoms with Crippen LogP contribution in [0.25, 0.3) is 10.9 Å². The maximum Gasteiger partial charge on any atom is 0.140 e. The van der Waals surface area contributed by atoms with Gasteiger partial charge in [-0.15, -0.1) is 0 Å². The SMILES string of the molecule is Cc1ccc2ncnc(N3CCC4CCCCC43)c2c1. The van der Waals surface area contributed by atoms with Crippen LogP contribution in [0.4, 0.5) is 5.82 Å². The molecular weight excluding hydrogens is 246 g/mol. The fraction of sp³-hybridized carbons (Fsp3) is 0.529. The van der Waals surface area contributed by atoms with E-state index in [0.717, 1.165) is 23.8 Å². The number of hydrogen-bond acceptors (Lipinski definition) is 3. The topological polar surface area (TPSA) is 29.0 Å². The van der Waals surface area contributed by atoms with Gasteiger partial charge in [-0.2, -0.15) is 0 Å². The Morgan fingerprint density at radius 1 is 1.10 bits per heavy atom. The Kier molecular flexibility index (Phi) is 2.86. The van der Waals surface area contributed by atoms with Gasteiger partial charge in [-0.05, 0) is 44.2 Å². The summed E-state index contributed by atoms with van der Waals surface area (Å²) in [5.74, 6) is 2.05. The molecule has 2 atom stereocenters. The summed E-state index contributed by atoms with van der Waals surface area (Å²) in [6, 6.07) is 7.19. The van der Waals surface area contributed by atoms with Crippen molar-refractivity contribution in [3.63, 3.8) is 0 Å². The number of anilines is 1. The van der Waals surface area contributed by atoms with E-state index in [1.54, 1.807) is 6.33 Å². The molecule has 3 nitrogen and oxygen atoms in total. The first kappa shape index (κ1) is 12.1. The number of aromatic nitrogens is 2. The van der Waals surface area contributed by atoms with E-state index >= 15 is 0 Å². The number of benzene rings is 1. The summed E-state index contributed by atoms with van der Waals surface area (Å²) in [5.41, 5.74) is 2.35. The summed E-state index contributed by atoms with van der Waals surface area (Å²) < 4.78 is 0. The van der Waals surface area contributed by atoms with Gasteiger partial charge in [-0.3, -0.25) is 0 Å². The van der Waals surface area contributed by atoms with Crippen LogP contribution in [0.2, 0.25) is 0 Å². The molecule has 2 aliphatic rings. The number of aryl methyl sites for hydroxylation is 1. The highest BCUT2D eigenvalue weighted by Gasteiger charge is 2.36. The minimum atomic E-state index is 0.711. The lowest BCUT2D eigenvalue weighted by atomic mass is 9.85. The average molecular weight is 267 g/mol. The third-order valence-corrected chi connectivity index (χ3v) is 5.05. The lowest BCUT2D eigenvalue weighted by Gasteiger charge is -2.32. The van der Waals surface area contributed by atoms with E-state index in [4.69, 9.17) is 0 Å². The van der Waals surface area contributed by atoms with E-state index in [0.29, 0.717) is 6.04 Å². The second kappa shape index (κ2) is 4.72. The molecule has 2 fully saturated rings. The molecule has 1 aromatic heterocycles. The zero-order chi connectivity index (χ0) is 13.5. The number of rotatable bonds is 1. The van der Waals surface area contributed by atoms with E-state index in [1.165, 1.54) is 43.1 Å². The molecule has 2 heterocycles. The molecule has 1 aliphatic carbocycles. The first-order chi connectivity index (χ1) is 9.83. The summed E-state index contributed by atoms with van der Waals surface area (Å²) >= 11 is 0. The fourth-order valence-electron chi connectivity index (χ4n) is 4.05. The van der Waals surface area contributed by atoms with Crippen LogP contribution in [0.3, 0.4) is 0 Å². The van der Waals surface area contributed by atoms with Crippen molar-refractivity contribution in [1.82, 2.24) is 9.97 Å². The summed E-state index contributed by atoms with van der Waals surface area (Å²) in [6.07, 6.45) is 8.59. The Bertz CT molecular complexity index is 637. The van der Waals surface area contributed by atoms with Crippen molar-refractivity contribution in [2.24, 2.45) is 5.92 Å². The van der Waals surface area contributed by atoms with Gasteiger partial charge in [0.2, 0.25) is 0 Å². The van der Waals surface area contributed by atoms with Crippen molar-refractivity contribution < 1.29 is 0 Å². The molecule has 0 N–H and O–H groups in total. The molecule has 4 rings (SSSR count). The molecular formula is C17H21N3. The normalized spacial score (nSPS) is 25.9. The van der Waals surface area contributed by atoms with Crippen LogP contribution in [0.5, 0.6) is 0 Å². The molecule has 0 spiro atoms. The van der Waals surface area contributed by atoms with Crippen molar-refractivity contribution in [2.45, 2.75) is 45.1 Å². The summed E-state index contributed by atoms with van der Waals surface area (Å²) in [6.45, 7) is 3.30. The molecule has 1 aliphatic heterocycles. The summed E-state index contributed by atoms with van der Waals surface area (Å²) in [4.78, 5) is 11.6. The largest absolute Gasteiger partial charge is 0.353 e. The predicted octanol–water partition coefficient (Wildman–Crippen LogP) is 3.71. The molecule has 2 unspecified atom stereocenters. The van der Waals surface area contributed by atoms with Crippen LogP contribution in [0.1, 0.15) is 37.7 Å². The molecule has 1 saturated heterocycles. The zero-order valence-electron chi connectivity index (χ0n) is 12.0. The Morgan fingerprint density at radius 3 is 2.95 bits per heavy atom. The van der Waals surface area contributed by atoms with E-state index in [9.17, 15) is 0 Å². The second-order valence-electron chi connectivity index (χ2n) is 6.31. The number of fused-ring (bicyclic) bond motifs is 2. The monoisotopic (exact) mass is 267 g/mol. The highest BCUT2D eigenvalue weighted by Crippen LogP contribution is 2.39. The Labute approximate surface area is 120 Å². The van der Waals surface area contributed by atoms with Crippen molar-refractivity contribution in [3.8, 4) is 0 Å². The quantitative estimate of drug-likeness (QED) is 0.788. The summed E-state index contributed by atoms with van der Waals surface area (Å²) in [5, 5.41) is 1.22. The van der Waals surface area contributed by atoms with Gasteiger partial charge in [-0.25, -0.2) is 9.97 Å². The van der Waals surface area contributed by atoms with Crippen LogP contribution in [-0.2, 0) is 0 Å². The lowest BCUT2D eigenvalue weighted by Crippen LogP contribution is -2.35. The molecule has 1 aromatic carbocycles. The van der Waals surface area contributed by atoms with Crippen molar-refractivity contribution in [2.75, 3.05) is 11.4 Å². The fourth-order valence-corrected chi connectivity index (χ4v) is 4.05. The Balaban J connectivity index is 1.80. The maximum atomic E-state index is 4.64. The van der Waals surface area contributed by atoms with Crippen molar-refractivity contribution in [1.29, 1.82) is 0 Å². The van der Waals surface area contributed by atoms with Gasteiger partial charge >= 0.3 is 0 Å². The van der Waals surface area contributed by atoms with Crippen LogP contribution in [-0.4, -0.2) is 22.6 Å². The van der Waals surface area contributed by atoms with Gasteiger partial charge in [0, 0.05) is 18.0 Å². The molecule has 0 radical (unpaired) electrons. The first-order valence-corrected chi connectivity index (χ1v) is 7.81. The minimum Gasteiger partial charge on any atom is -0.353 e. The average Bonchev–Trinajstić information content (AvgIpc) is 2.90. The van der Waals surface area contributed by atoms with Crippen LogP contribution >= 0.6 is 0 Å². The van der Waals surface area contributed by atoms with Gasteiger partial charge in [0.15, 0.2) is 0 Å². The van der Waals surface area contributed by atoms with Gasteiger partial charge in [0.1, 0.15) is 12.1 Å². The van der Waals surface area contributed by atoms with Gasteiger partial charge in [0.05, 0.1) is 5.52 Å². The van der Waals surface area contributed by atoms with Gasteiger partial charge in [-0.1, -0.05) is 24.5 Å². The third kappa shape index (κ3) is 1.88.